The van der Waals surface area contributed by atoms with E-state index in [1.54, 1.807) is 0 Å². The van der Waals surface area contributed by atoms with Gasteiger partial charge in [0, 0.05) is 12.0 Å². The molecule has 1 aliphatic rings. The van der Waals surface area contributed by atoms with Gasteiger partial charge in [0.2, 0.25) is 0 Å². The number of carbonyl (C=O) groups is 1. The zero-order chi connectivity index (χ0) is 14.8. The highest BCUT2D eigenvalue weighted by Crippen LogP contribution is 2.32. The van der Waals surface area contributed by atoms with E-state index in [1.807, 2.05) is 24.3 Å². The van der Waals surface area contributed by atoms with E-state index in [9.17, 15) is 9.18 Å². The van der Waals surface area contributed by atoms with Crippen molar-refractivity contribution in [2.45, 2.75) is 12.5 Å². The maximum Gasteiger partial charge on any atom is 0.256 e. The van der Waals surface area contributed by atoms with E-state index in [0.29, 0.717) is 13.0 Å². The molecular formula is C16H13ClFNO2. The van der Waals surface area contributed by atoms with Gasteiger partial charge in [-0.05, 0) is 18.2 Å². The summed E-state index contributed by atoms with van der Waals surface area (Å²) in [5, 5.41) is 2.93. The van der Waals surface area contributed by atoms with E-state index >= 15 is 0 Å². The first kappa shape index (κ1) is 13.9. The average Bonchev–Trinajstić information content (AvgIpc) is 2.47. The highest BCUT2D eigenvalue weighted by molar-refractivity contribution is 6.33. The monoisotopic (exact) mass is 305 g/mol. The number of halogens is 2. The summed E-state index contributed by atoms with van der Waals surface area (Å²) in [5.74, 6) is -0.395. The number of para-hydroxylation sites is 1. The minimum Gasteiger partial charge on any atom is -0.493 e. The lowest BCUT2D eigenvalue weighted by atomic mass is 10.00. The molecule has 0 aliphatic carbocycles. The van der Waals surface area contributed by atoms with Crippen LogP contribution in [0.25, 0.3) is 0 Å². The number of amides is 1. The molecule has 1 atom stereocenters. The molecule has 21 heavy (non-hydrogen) atoms. The predicted octanol–water partition coefficient (Wildman–Crippen LogP) is 3.73. The second-order valence-corrected chi connectivity index (χ2v) is 5.20. The van der Waals surface area contributed by atoms with Crippen LogP contribution in [-0.2, 0) is 0 Å². The standard InChI is InChI=1S/C16H13ClFNO2/c17-11-5-3-6-12(18)15(11)16(20)19-13-8-9-21-14-7-2-1-4-10(13)14/h1-7,13H,8-9H2,(H,19,20)/t13-/m1/s1. The third-order valence-electron chi connectivity index (χ3n) is 3.45. The fourth-order valence-electron chi connectivity index (χ4n) is 2.44. The van der Waals surface area contributed by atoms with Gasteiger partial charge in [-0.1, -0.05) is 35.9 Å². The lowest BCUT2D eigenvalue weighted by Gasteiger charge is -2.26. The first-order valence-corrected chi connectivity index (χ1v) is 7.01. The second-order valence-electron chi connectivity index (χ2n) is 4.80. The van der Waals surface area contributed by atoms with Crippen molar-refractivity contribution >= 4 is 17.5 Å². The lowest BCUT2D eigenvalue weighted by molar-refractivity contribution is 0.0921. The molecule has 0 unspecified atom stereocenters. The zero-order valence-corrected chi connectivity index (χ0v) is 11.9. The highest BCUT2D eigenvalue weighted by Gasteiger charge is 2.25. The number of carbonyl (C=O) groups excluding carboxylic acids is 1. The number of rotatable bonds is 2. The predicted molar refractivity (Wildman–Crippen MR) is 78.2 cm³/mol. The summed E-state index contributed by atoms with van der Waals surface area (Å²) in [6.07, 6.45) is 0.634. The number of fused-ring (bicyclic) bond motifs is 1. The van der Waals surface area contributed by atoms with E-state index < -0.39 is 11.7 Å². The maximum absolute atomic E-state index is 13.8. The van der Waals surface area contributed by atoms with Gasteiger partial charge in [0.25, 0.3) is 5.91 Å². The summed E-state index contributed by atoms with van der Waals surface area (Å²) in [4.78, 5) is 12.3. The first-order chi connectivity index (χ1) is 10.2. The Balaban J connectivity index is 1.86. The maximum atomic E-state index is 13.8. The topological polar surface area (TPSA) is 38.3 Å². The van der Waals surface area contributed by atoms with Crippen molar-refractivity contribution in [3.8, 4) is 5.75 Å². The molecule has 0 radical (unpaired) electrons. The Hall–Kier alpha value is -2.07. The lowest BCUT2D eigenvalue weighted by Crippen LogP contribution is -2.32. The van der Waals surface area contributed by atoms with Crippen LogP contribution in [0.1, 0.15) is 28.4 Å². The number of hydrogen-bond acceptors (Lipinski definition) is 2. The van der Waals surface area contributed by atoms with Gasteiger partial charge in [0.15, 0.2) is 0 Å². The molecule has 5 heteroatoms. The van der Waals surface area contributed by atoms with Crippen molar-refractivity contribution in [3.63, 3.8) is 0 Å². The number of nitrogens with one attached hydrogen (secondary N) is 1. The number of benzene rings is 2. The van der Waals surface area contributed by atoms with E-state index in [-0.39, 0.29) is 16.6 Å². The van der Waals surface area contributed by atoms with E-state index in [0.717, 1.165) is 11.3 Å². The molecule has 0 fully saturated rings. The second kappa shape index (κ2) is 5.74. The minimum atomic E-state index is -0.625. The quantitative estimate of drug-likeness (QED) is 0.918. The van der Waals surface area contributed by atoms with Crippen molar-refractivity contribution in [2.75, 3.05) is 6.61 Å². The molecule has 0 spiro atoms. The molecule has 0 saturated carbocycles. The van der Waals surface area contributed by atoms with Gasteiger partial charge < -0.3 is 10.1 Å². The minimum absolute atomic E-state index is 0.104. The third kappa shape index (κ3) is 2.72. The molecule has 2 aromatic carbocycles. The smallest absolute Gasteiger partial charge is 0.256 e. The summed E-state index contributed by atoms with van der Waals surface area (Å²) < 4.78 is 19.3. The van der Waals surface area contributed by atoms with E-state index in [2.05, 4.69) is 5.32 Å². The van der Waals surface area contributed by atoms with Crippen LogP contribution >= 0.6 is 11.6 Å². The van der Waals surface area contributed by atoms with Gasteiger partial charge in [0.1, 0.15) is 11.6 Å². The Morgan fingerprint density at radius 3 is 2.86 bits per heavy atom. The van der Waals surface area contributed by atoms with Crippen LogP contribution in [-0.4, -0.2) is 12.5 Å². The molecular weight excluding hydrogens is 293 g/mol. The van der Waals surface area contributed by atoms with Crippen LogP contribution in [0.2, 0.25) is 5.02 Å². The number of ether oxygens (including phenoxy) is 1. The van der Waals surface area contributed by atoms with Gasteiger partial charge in [0.05, 0.1) is 23.2 Å². The molecule has 3 nitrogen and oxygen atoms in total. The van der Waals surface area contributed by atoms with Gasteiger partial charge in [-0.15, -0.1) is 0 Å². The van der Waals surface area contributed by atoms with Gasteiger partial charge in [-0.2, -0.15) is 0 Å². The van der Waals surface area contributed by atoms with Crippen molar-refractivity contribution in [1.82, 2.24) is 5.32 Å². The summed E-state index contributed by atoms with van der Waals surface area (Å²) in [6, 6.07) is 11.5. The first-order valence-electron chi connectivity index (χ1n) is 6.63. The van der Waals surface area contributed by atoms with E-state index in [4.69, 9.17) is 16.3 Å². The largest absolute Gasteiger partial charge is 0.493 e. The molecule has 3 rings (SSSR count). The van der Waals surface area contributed by atoms with Gasteiger partial charge >= 0.3 is 0 Å². The summed E-state index contributed by atoms with van der Waals surface area (Å²) in [6.45, 7) is 0.507. The van der Waals surface area contributed by atoms with Crippen molar-refractivity contribution in [2.24, 2.45) is 0 Å². The molecule has 0 saturated heterocycles. The summed E-state index contributed by atoms with van der Waals surface area (Å²) in [7, 11) is 0. The van der Waals surface area contributed by atoms with Crippen LogP contribution in [0, 0.1) is 5.82 Å². The molecule has 1 amide bonds. The molecule has 108 valence electrons. The Bertz CT molecular complexity index is 669. The fourth-order valence-corrected chi connectivity index (χ4v) is 2.69. The summed E-state index contributed by atoms with van der Waals surface area (Å²) >= 11 is 5.92. The van der Waals surface area contributed by atoms with Crippen LogP contribution < -0.4 is 10.1 Å². The van der Waals surface area contributed by atoms with Gasteiger partial charge in [-0.25, -0.2) is 4.39 Å². The highest BCUT2D eigenvalue weighted by atomic mass is 35.5. The molecule has 0 aromatic heterocycles. The SMILES string of the molecule is O=C(N[C@@H]1CCOc2ccccc21)c1c(F)cccc1Cl. The van der Waals surface area contributed by atoms with Crippen LogP contribution in [0.5, 0.6) is 5.75 Å². The normalized spacial score (nSPS) is 16.8. The molecule has 1 N–H and O–H groups in total. The van der Waals surface area contributed by atoms with Crippen molar-refractivity contribution in [3.05, 3.63) is 64.4 Å². The van der Waals surface area contributed by atoms with Crippen LogP contribution in [0.4, 0.5) is 4.39 Å². The molecule has 2 aromatic rings. The van der Waals surface area contributed by atoms with Crippen molar-refractivity contribution < 1.29 is 13.9 Å². The van der Waals surface area contributed by atoms with Crippen LogP contribution in [0.15, 0.2) is 42.5 Å². The van der Waals surface area contributed by atoms with Crippen LogP contribution in [0.3, 0.4) is 0 Å². The molecule has 1 heterocycles. The number of hydrogen-bond donors (Lipinski definition) is 1. The fraction of sp³-hybridized carbons (Fsp3) is 0.188. The molecule has 1 aliphatic heterocycles. The molecule has 0 bridgehead atoms. The average molecular weight is 306 g/mol. The third-order valence-corrected chi connectivity index (χ3v) is 3.77. The zero-order valence-electron chi connectivity index (χ0n) is 11.1. The Morgan fingerprint density at radius 2 is 2.05 bits per heavy atom. The van der Waals surface area contributed by atoms with E-state index in [1.165, 1.54) is 18.2 Å². The Labute approximate surface area is 126 Å². The van der Waals surface area contributed by atoms with Gasteiger partial charge in [-0.3, -0.25) is 4.79 Å². The van der Waals surface area contributed by atoms with Crippen molar-refractivity contribution in [1.29, 1.82) is 0 Å². The summed E-state index contributed by atoms with van der Waals surface area (Å²) in [5.41, 5.74) is 0.771. The Kier molecular flexibility index (Phi) is 3.80. The Morgan fingerprint density at radius 1 is 1.24 bits per heavy atom.